The highest BCUT2D eigenvalue weighted by molar-refractivity contribution is 7.89. The van der Waals surface area contributed by atoms with Gasteiger partial charge in [0.05, 0.1) is 23.3 Å². The lowest BCUT2D eigenvalue weighted by atomic mass is 10.1. The number of hydrogen-bond acceptors (Lipinski definition) is 4. The summed E-state index contributed by atoms with van der Waals surface area (Å²) in [5.41, 5.74) is -0.358. The maximum absolute atomic E-state index is 13.6. The van der Waals surface area contributed by atoms with E-state index in [2.05, 4.69) is 10.0 Å². The van der Waals surface area contributed by atoms with Crippen molar-refractivity contribution in [3.8, 4) is 5.75 Å². The minimum Gasteiger partial charge on any atom is -0.496 e. The van der Waals surface area contributed by atoms with Gasteiger partial charge in [0.25, 0.3) is 5.91 Å². The zero-order valence-electron chi connectivity index (χ0n) is 12.8. The number of benzene rings is 2. The molecule has 2 N–H and O–H groups in total. The van der Waals surface area contributed by atoms with Crippen LogP contribution in [0.15, 0.2) is 41.3 Å². The summed E-state index contributed by atoms with van der Waals surface area (Å²) < 4.78 is 57.4. The number of amides is 1. The molecule has 128 valence electrons. The second kappa shape index (κ2) is 6.93. The van der Waals surface area contributed by atoms with Gasteiger partial charge in [-0.2, -0.15) is 0 Å². The van der Waals surface area contributed by atoms with Crippen LogP contribution in [0.25, 0.3) is 0 Å². The molecular formula is C15H14F2N2O4S. The Bertz CT molecular complexity index is 885. The Kier molecular flexibility index (Phi) is 5.15. The molecule has 0 radical (unpaired) electrons. The number of sulfonamides is 1. The lowest BCUT2D eigenvalue weighted by Gasteiger charge is -2.12. The lowest BCUT2D eigenvalue weighted by Crippen LogP contribution is -2.20. The van der Waals surface area contributed by atoms with Gasteiger partial charge >= 0.3 is 0 Å². The Hall–Kier alpha value is -2.52. The average Bonchev–Trinajstić information content (AvgIpc) is 2.56. The van der Waals surface area contributed by atoms with Gasteiger partial charge in [-0.3, -0.25) is 4.79 Å². The third-order valence-electron chi connectivity index (χ3n) is 3.17. The van der Waals surface area contributed by atoms with Gasteiger partial charge in [-0.15, -0.1) is 0 Å². The van der Waals surface area contributed by atoms with Crippen molar-refractivity contribution in [1.82, 2.24) is 4.72 Å². The van der Waals surface area contributed by atoms with E-state index in [1.54, 1.807) is 0 Å². The van der Waals surface area contributed by atoms with Crippen LogP contribution < -0.4 is 14.8 Å². The van der Waals surface area contributed by atoms with Crippen LogP contribution in [0.5, 0.6) is 5.75 Å². The average molecular weight is 356 g/mol. The number of ether oxygens (including phenoxy) is 1. The zero-order valence-corrected chi connectivity index (χ0v) is 13.6. The van der Waals surface area contributed by atoms with E-state index in [9.17, 15) is 22.0 Å². The van der Waals surface area contributed by atoms with Gasteiger partial charge in [-0.25, -0.2) is 21.9 Å². The molecule has 2 aromatic carbocycles. The minimum absolute atomic E-state index is 0.102. The van der Waals surface area contributed by atoms with Crippen LogP contribution >= 0.6 is 0 Å². The summed E-state index contributed by atoms with van der Waals surface area (Å²) in [6, 6.07) is 6.33. The maximum Gasteiger partial charge on any atom is 0.259 e. The summed E-state index contributed by atoms with van der Waals surface area (Å²) >= 11 is 0. The van der Waals surface area contributed by atoms with E-state index in [0.717, 1.165) is 18.2 Å². The van der Waals surface area contributed by atoms with Crippen molar-refractivity contribution in [1.29, 1.82) is 0 Å². The highest BCUT2D eigenvalue weighted by Gasteiger charge is 2.19. The van der Waals surface area contributed by atoms with Crippen LogP contribution in [0.2, 0.25) is 0 Å². The molecule has 2 rings (SSSR count). The Labute approximate surface area is 137 Å². The van der Waals surface area contributed by atoms with Crippen molar-refractivity contribution in [3.05, 3.63) is 53.6 Å². The van der Waals surface area contributed by atoms with E-state index in [1.807, 2.05) is 0 Å². The van der Waals surface area contributed by atoms with Crippen LogP contribution in [0.3, 0.4) is 0 Å². The summed E-state index contributed by atoms with van der Waals surface area (Å²) in [7, 11) is -1.24. The second-order valence-electron chi connectivity index (χ2n) is 4.65. The topological polar surface area (TPSA) is 84.5 Å². The van der Waals surface area contributed by atoms with E-state index in [-0.39, 0.29) is 21.9 Å². The molecule has 0 aliphatic heterocycles. The largest absolute Gasteiger partial charge is 0.496 e. The minimum atomic E-state index is -3.78. The van der Waals surface area contributed by atoms with Crippen LogP contribution in [0.4, 0.5) is 14.5 Å². The van der Waals surface area contributed by atoms with Crippen molar-refractivity contribution >= 4 is 21.6 Å². The molecule has 24 heavy (non-hydrogen) atoms. The SMILES string of the molecule is CNS(=O)(=O)c1ccc(OC)c(C(=O)Nc2ccc(F)cc2F)c1. The fraction of sp³-hybridized carbons (Fsp3) is 0.133. The van der Waals surface area contributed by atoms with Crippen LogP contribution in [0, 0.1) is 11.6 Å². The molecule has 0 aliphatic rings. The third kappa shape index (κ3) is 3.69. The molecule has 0 saturated heterocycles. The number of rotatable bonds is 5. The standard InChI is InChI=1S/C15H14F2N2O4S/c1-18-24(21,22)10-4-6-14(23-2)11(8-10)15(20)19-13-5-3-9(16)7-12(13)17/h3-8,18H,1-2H3,(H,19,20). The Balaban J connectivity index is 2.42. The first-order valence-corrected chi connectivity index (χ1v) is 8.15. The van der Waals surface area contributed by atoms with Gasteiger partial charge in [0.2, 0.25) is 10.0 Å². The maximum atomic E-state index is 13.6. The van der Waals surface area contributed by atoms with Gasteiger partial charge in [0, 0.05) is 6.07 Å². The molecule has 0 heterocycles. The van der Waals surface area contributed by atoms with E-state index in [1.165, 1.54) is 26.3 Å². The van der Waals surface area contributed by atoms with Gasteiger partial charge in [0.15, 0.2) is 0 Å². The first-order valence-electron chi connectivity index (χ1n) is 6.66. The van der Waals surface area contributed by atoms with Crippen molar-refractivity contribution in [2.45, 2.75) is 4.90 Å². The zero-order chi connectivity index (χ0) is 17.9. The first kappa shape index (κ1) is 17.8. The quantitative estimate of drug-likeness (QED) is 0.860. The predicted molar refractivity (Wildman–Crippen MR) is 83.6 cm³/mol. The van der Waals surface area contributed by atoms with E-state index in [0.29, 0.717) is 6.07 Å². The molecule has 0 aliphatic carbocycles. The monoisotopic (exact) mass is 356 g/mol. The van der Waals surface area contributed by atoms with Crippen molar-refractivity contribution < 1.29 is 26.7 Å². The Morgan fingerprint density at radius 1 is 1.12 bits per heavy atom. The third-order valence-corrected chi connectivity index (χ3v) is 4.59. The van der Waals surface area contributed by atoms with Gasteiger partial charge in [0.1, 0.15) is 17.4 Å². The number of anilines is 1. The Morgan fingerprint density at radius 2 is 1.83 bits per heavy atom. The predicted octanol–water partition coefficient (Wildman–Crippen LogP) is 2.13. The molecule has 0 fully saturated rings. The molecule has 0 aromatic heterocycles. The lowest BCUT2D eigenvalue weighted by molar-refractivity contribution is 0.102. The fourth-order valence-electron chi connectivity index (χ4n) is 1.93. The molecule has 0 unspecified atom stereocenters. The Morgan fingerprint density at radius 3 is 2.42 bits per heavy atom. The molecule has 0 bridgehead atoms. The number of halogens is 2. The molecule has 0 spiro atoms. The molecule has 2 aromatic rings. The van der Waals surface area contributed by atoms with Gasteiger partial charge in [-0.1, -0.05) is 0 Å². The van der Waals surface area contributed by atoms with Crippen molar-refractivity contribution in [3.63, 3.8) is 0 Å². The highest BCUT2D eigenvalue weighted by Crippen LogP contribution is 2.24. The summed E-state index contributed by atoms with van der Waals surface area (Å²) in [6.45, 7) is 0. The molecule has 0 atom stereocenters. The molecule has 6 nitrogen and oxygen atoms in total. The molecule has 9 heteroatoms. The number of nitrogens with one attached hydrogen (secondary N) is 2. The van der Waals surface area contributed by atoms with E-state index in [4.69, 9.17) is 4.74 Å². The normalized spacial score (nSPS) is 11.2. The van der Waals surface area contributed by atoms with Crippen molar-refractivity contribution in [2.75, 3.05) is 19.5 Å². The first-order chi connectivity index (χ1) is 11.3. The molecular weight excluding hydrogens is 342 g/mol. The molecule has 0 saturated carbocycles. The number of carbonyl (C=O) groups excluding carboxylic acids is 1. The number of methoxy groups -OCH3 is 1. The van der Waals surface area contributed by atoms with Crippen LogP contribution in [-0.4, -0.2) is 28.5 Å². The van der Waals surface area contributed by atoms with Crippen LogP contribution in [0.1, 0.15) is 10.4 Å². The number of hydrogen-bond donors (Lipinski definition) is 2. The van der Waals surface area contributed by atoms with E-state index < -0.39 is 27.6 Å². The smallest absolute Gasteiger partial charge is 0.259 e. The highest BCUT2D eigenvalue weighted by atomic mass is 32.2. The summed E-state index contributed by atoms with van der Waals surface area (Å²) in [4.78, 5) is 12.2. The summed E-state index contributed by atoms with van der Waals surface area (Å²) in [6.07, 6.45) is 0. The summed E-state index contributed by atoms with van der Waals surface area (Å²) in [5, 5.41) is 2.25. The number of carbonyl (C=O) groups is 1. The van der Waals surface area contributed by atoms with Crippen LogP contribution in [-0.2, 0) is 10.0 Å². The van der Waals surface area contributed by atoms with Crippen molar-refractivity contribution in [2.24, 2.45) is 0 Å². The summed E-state index contributed by atoms with van der Waals surface area (Å²) in [5.74, 6) is -2.44. The second-order valence-corrected chi connectivity index (χ2v) is 6.53. The van der Waals surface area contributed by atoms with Gasteiger partial charge < -0.3 is 10.1 Å². The van der Waals surface area contributed by atoms with Gasteiger partial charge in [-0.05, 0) is 37.4 Å². The fourth-order valence-corrected chi connectivity index (χ4v) is 2.69. The molecule has 1 amide bonds. The van der Waals surface area contributed by atoms with E-state index >= 15 is 0 Å².